The minimum atomic E-state index is -0.798. The van der Waals surface area contributed by atoms with Crippen LogP contribution in [0, 0.1) is 12.8 Å². The van der Waals surface area contributed by atoms with Gasteiger partial charge >= 0.3 is 5.97 Å². The molecular weight excluding hydrogens is 262 g/mol. The SMILES string of the molecule is Cc1cnc(SCC(=O)O)n1C1CCN(C)CC1C. The fourth-order valence-electron chi connectivity index (χ4n) is 2.79. The maximum absolute atomic E-state index is 10.7. The van der Waals surface area contributed by atoms with Crippen LogP contribution in [0.4, 0.5) is 0 Å². The number of thioether (sulfide) groups is 1. The number of aromatic nitrogens is 2. The quantitative estimate of drug-likeness (QED) is 0.855. The van der Waals surface area contributed by atoms with Gasteiger partial charge in [-0.15, -0.1) is 0 Å². The summed E-state index contributed by atoms with van der Waals surface area (Å²) < 4.78 is 2.23. The number of carbonyl (C=O) groups is 1. The number of hydrogen-bond acceptors (Lipinski definition) is 4. The molecule has 5 nitrogen and oxygen atoms in total. The molecule has 1 N–H and O–H groups in total. The largest absolute Gasteiger partial charge is 0.481 e. The summed E-state index contributed by atoms with van der Waals surface area (Å²) in [5.74, 6) is -0.179. The van der Waals surface area contributed by atoms with Crippen molar-refractivity contribution in [2.75, 3.05) is 25.9 Å². The highest BCUT2D eigenvalue weighted by atomic mass is 32.2. The Morgan fingerprint density at radius 3 is 3.00 bits per heavy atom. The summed E-state index contributed by atoms with van der Waals surface area (Å²) in [5.41, 5.74) is 1.12. The van der Waals surface area contributed by atoms with Crippen molar-refractivity contribution in [3.8, 4) is 0 Å². The van der Waals surface area contributed by atoms with Gasteiger partial charge in [-0.2, -0.15) is 0 Å². The molecule has 0 aliphatic carbocycles. The van der Waals surface area contributed by atoms with Crippen LogP contribution < -0.4 is 0 Å². The molecule has 0 radical (unpaired) electrons. The number of carboxylic acid groups (broad SMARTS) is 1. The van der Waals surface area contributed by atoms with Crippen molar-refractivity contribution in [2.45, 2.75) is 31.5 Å². The van der Waals surface area contributed by atoms with Crippen molar-refractivity contribution >= 4 is 17.7 Å². The Morgan fingerprint density at radius 1 is 1.63 bits per heavy atom. The van der Waals surface area contributed by atoms with E-state index in [2.05, 4.69) is 28.4 Å². The molecule has 2 unspecified atom stereocenters. The van der Waals surface area contributed by atoms with Gasteiger partial charge in [0.05, 0.1) is 5.75 Å². The molecule has 1 aliphatic rings. The first-order valence-corrected chi connectivity index (χ1v) is 7.54. The van der Waals surface area contributed by atoms with Crippen molar-refractivity contribution in [2.24, 2.45) is 5.92 Å². The fourth-order valence-corrected chi connectivity index (χ4v) is 3.58. The predicted octanol–water partition coefficient (Wildman–Crippen LogP) is 1.88. The number of nitrogens with zero attached hydrogens (tertiary/aromatic N) is 3. The van der Waals surface area contributed by atoms with Crippen LogP contribution in [-0.2, 0) is 4.79 Å². The monoisotopic (exact) mass is 283 g/mol. The van der Waals surface area contributed by atoms with E-state index in [4.69, 9.17) is 5.11 Å². The van der Waals surface area contributed by atoms with Crippen molar-refractivity contribution in [1.29, 1.82) is 0 Å². The number of piperidine rings is 1. The van der Waals surface area contributed by atoms with Gasteiger partial charge in [0.15, 0.2) is 5.16 Å². The van der Waals surface area contributed by atoms with Crippen molar-refractivity contribution in [3.05, 3.63) is 11.9 Å². The highest BCUT2D eigenvalue weighted by Gasteiger charge is 2.28. The number of rotatable bonds is 4. The van der Waals surface area contributed by atoms with Crippen LogP contribution in [0.3, 0.4) is 0 Å². The van der Waals surface area contributed by atoms with E-state index in [1.807, 2.05) is 13.1 Å². The van der Waals surface area contributed by atoms with Gasteiger partial charge in [0.25, 0.3) is 0 Å². The summed E-state index contributed by atoms with van der Waals surface area (Å²) in [7, 11) is 2.15. The van der Waals surface area contributed by atoms with Crippen LogP contribution in [-0.4, -0.2) is 51.4 Å². The van der Waals surface area contributed by atoms with Crippen LogP contribution in [0.25, 0.3) is 0 Å². The first-order valence-electron chi connectivity index (χ1n) is 6.56. The van der Waals surface area contributed by atoms with Gasteiger partial charge in [-0.1, -0.05) is 18.7 Å². The second-order valence-electron chi connectivity index (χ2n) is 5.33. The number of hydrogen-bond donors (Lipinski definition) is 1. The molecule has 1 saturated heterocycles. The van der Waals surface area contributed by atoms with Crippen LogP contribution in [0.15, 0.2) is 11.4 Å². The average molecular weight is 283 g/mol. The van der Waals surface area contributed by atoms with Crippen LogP contribution >= 0.6 is 11.8 Å². The summed E-state index contributed by atoms with van der Waals surface area (Å²) >= 11 is 1.31. The zero-order valence-electron chi connectivity index (χ0n) is 11.7. The summed E-state index contributed by atoms with van der Waals surface area (Å²) in [4.78, 5) is 17.4. The molecule has 0 saturated carbocycles. The van der Waals surface area contributed by atoms with Gasteiger partial charge in [-0.3, -0.25) is 4.79 Å². The Morgan fingerprint density at radius 2 is 2.37 bits per heavy atom. The van der Waals surface area contributed by atoms with E-state index < -0.39 is 5.97 Å². The molecule has 6 heteroatoms. The molecule has 1 aromatic rings. The lowest BCUT2D eigenvalue weighted by Crippen LogP contribution is -2.38. The minimum absolute atomic E-state index is 0.0669. The fraction of sp³-hybridized carbons (Fsp3) is 0.692. The number of imidazole rings is 1. The second kappa shape index (κ2) is 5.96. The highest BCUT2D eigenvalue weighted by molar-refractivity contribution is 7.99. The van der Waals surface area contributed by atoms with Gasteiger partial charge in [-0.25, -0.2) is 4.98 Å². The lowest BCUT2D eigenvalue weighted by Gasteiger charge is -2.36. The normalized spacial score (nSPS) is 24.6. The van der Waals surface area contributed by atoms with Gasteiger partial charge < -0.3 is 14.6 Å². The molecule has 0 amide bonds. The Hall–Kier alpha value is -1.01. The first-order chi connectivity index (χ1) is 8.99. The summed E-state index contributed by atoms with van der Waals surface area (Å²) in [6.07, 6.45) is 2.94. The van der Waals surface area contributed by atoms with E-state index in [0.29, 0.717) is 12.0 Å². The van der Waals surface area contributed by atoms with Gasteiger partial charge in [0.2, 0.25) is 0 Å². The van der Waals surface area contributed by atoms with Gasteiger partial charge in [0.1, 0.15) is 0 Å². The second-order valence-corrected chi connectivity index (χ2v) is 6.27. The molecule has 2 rings (SSSR count). The smallest absolute Gasteiger partial charge is 0.313 e. The highest BCUT2D eigenvalue weighted by Crippen LogP contribution is 2.32. The third-order valence-corrected chi connectivity index (χ3v) is 4.62. The molecule has 19 heavy (non-hydrogen) atoms. The molecule has 1 aromatic heterocycles. The lowest BCUT2D eigenvalue weighted by molar-refractivity contribution is -0.133. The maximum Gasteiger partial charge on any atom is 0.313 e. The van der Waals surface area contributed by atoms with E-state index >= 15 is 0 Å². The topological polar surface area (TPSA) is 58.4 Å². The molecule has 0 spiro atoms. The Balaban J connectivity index is 2.18. The zero-order chi connectivity index (χ0) is 14.0. The maximum atomic E-state index is 10.7. The molecule has 1 aliphatic heterocycles. The predicted molar refractivity (Wildman–Crippen MR) is 75.6 cm³/mol. The number of aryl methyl sites for hydroxylation is 1. The molecular formula is C13H21N3O2S. The van der Waals surface area contributed by atoms with Crippen LogP contribution in [0.2, 0.25) is 0 Å². The Bertz CT molecular complexity index is 461. The standard InChI is InChI=1S/C13H21N3O2S/c1-9-7-15(3)5-4-11(9)16-10(2)6-14-13(16)19-8-12(17)18/h6,9,11H,4-5,7-8H2,1-3H3,(H,17,18). The van der Waals surface area contributed by atoms with Crippen molar-refractivity contribution < 1.29 is 9.90 Å². The summed E-state index contributed by atoms with van der Waals surface area (Å²) in [6.45, 7) is 6.45. The number of aliphatic carboxylic acids is 1. The molecule has 2 heterocycles. The molecule has 106 valence electrons. The van der Waals surface area contributed by atoms with Crippen molar-refractivity contribution in [3.63, 3.8) is 0 Å². The molecule has 0 bridgehead atoms. The van der Waals surface area contributed by atoms with Gasteiger partial charge in [-0.05, 0) is 32.9 Å². The molecule has 2 atom stereocenters. The number of likely N-dealkylation sites (tertiary alicyclic amines) is 1. The molecule has 0 aromatic carbocycles. The average Bonchev–Trinajstić information content (AvgIpc) is 2.68. The Labute approximate surface area is 118 Å². The molecule has 1 fully saturated rings. The van der Waals surface area contributed by atoms with E-state index in [9.17, 15) is 4.79 Å². The van der Waals surface area contributed by atoms with Crippen LogP contribution in [0.5, 0.6) is 0 Å². The summed E-state index contributed by atoms with van der Waals surface area (Å²) in [5, 5.41) is 9.64. The third-order valence-electron chi connectivity index (χ3n) is 3.67. The minimum Gasteiger partial charge on any atom is -0.481 e. The van der Waals surface area contributed by atoms with E-state index in [1.54, 1.807) is 0 Å². The zero-order valence-corrected chi connectivity index (χ0v) is 12.5. The van der Waals surface area contributed by atoms with E-state index in [0.717, 1.165) is 30.4 Å². The van der Waals surface area contributed by atoms with E-state index in [1.165, 1.54) is 11.8 Å². The Kier molecular flexibility index (Phi) is 4.52. The van der Waals surface area contributed by atoms with E-state index in [-0.39, 0.29) is 5.75 Å². The van der Waals surface area contributed by atoms with Crippen LogP contribution in [0.1, 0.15) is 25.1 Å². The number of carboxylic acids is 1. The van der Waals surface area contributed by atoms with Gasteiger partial charge in [0, 0.05) is 24.5 Å². The first kappa shape index (κ1) is 14.4. The third kappa shape index (κ3) is 3.30. The lowest BCUT2D eigenvalue weighted by atomic mass is 9.94. The van der Waals surface area contributed by atoms with Crippen molar-refractivity contribution in [1.82, 2.24) is 14.5 Å². The summed E-state index contributed by atoms with van der Waals surface area (Å²) in [6, 6.07) is 0.426.